The molecule has 1 rings (SSSR count). The second kappa shape index (κ2) is 6.70. The van der Waals surface area contributed by atoms with Crippen molar-refractivity contribution < 1.29 is 24.2 Å². The van der Waals surface area contributed by atoms with Crippen LogP contribution in [0.1, 0.15) is 39.5 Å². The molecule has 18 heavy (non-hydrogen) atoms. The third-order valence-electron chi connectivity index (χ3n) is 2.75. The maximum atomic E-state index is 10.9. The molecule has 6 heteroatoms. The number of aliphatic hydroxyl groups is 1. The van der Waals surface area contributed by atoms with E-state index in [2.05, 4.69) is 23.3 Å². The summed E-state index contributed by atoms with van der Waals surface area (Å²) in [5.74, 6) is -4.39. The highest BCUT2D eigenvalue weighted by Crippen LogP contribution is 2.20. The molecule has 0 aromatic rings. The van der Waals surface area contributed by atoms with Crippen LogP contribution in [0.25, 0.3) is 0 Å². The molecule has 0 aliphatic carbocycles. The summed E-state index contributed by atoms with van der Waals surface area (Å²) in [4.78, 5) is 23.8. The molecule has 0 aromatic heterocycles. The maximum Gasteiger partial charge on any atom is 0.422 e. The zero-order valence-corrected chi connectivity index (χ0v) is 11.0. The summed E-state index contributed by atoms with van der Waals surface area (Å²) >= 11 is 0. The Hall–Kier alpha value is -1.14. The molecule has 1 aliphatic heterocycles. The molecule has 6 nitrogen and oxygen atoms in total. The number of nitrogens with zero attached hydrogens (tertiary/aromatic N) is 1. The fourth-order valence-electron chi connectivity index (χ4n) is 1.77. The van der Waals surface area contributed by atoms with Crippen molar-refractivity contribution in [2.75, 3.05) is 19.6 Å². The van der Waals surface area contributed by atoms with Gasteiger partial charge < -0.3 is 14.6 Å². The summed E-state index contributed by atoms with van der Waals surface area (Å²) in [7, 11) is 0. The fourth-order valence-corrected chi connectivity index (χ4v) is 1.77. The second-order valence-electron chi connectivity index (χ2n) is 4.47. The monoisotopic (exact) mass is 259 g/mol. The van der Waals surface area contributed by atoms with E-state index in [0.29, 0.717) is 0 Å². The van der Waals surface area contributed by atoms with Gasteiger partial charge >= 0.3 is 17.9 Å². The van der Waals surface area contributed by atoms with Gasteiger partial charge in [0.2, 0.25) is 0 Å². The van der Waals surface area contributed by atoms with Gasteiger partial charge in [-0.1, -0.05) is 26.7 Å². The zero-order valence-electron chi connectivity index (χ0n) is 11.0. The van der Waals surface area contributed by atoms with Crippen LogP contribution in [0.3, 0.4) is 0 Å². The molecule has 0 aromatic carbocycles. The Morgan fingerprint density at radius 2 is 1.50 bits per heavy atom. The maximum absolute atomic E-state index is 10.9. The molecule has 0 amide bonds. The Morgan fingerprint density at radius 1 is 1.06 bits per heavy atom. The number of hydrogen-bond donors (Lipinski definition) is 1. The quantitative estimate of drug-likeness (QED) is 0.509. The Bertz CT molecular complexity index is 281. The van der Waals surface area contributed by atoms with Crippen LogP contribution in [0.5, 0.6) is 0 Å². The lowest BCUT2D eigenvalue weighted by atomic mass is 10.2. The zero-order chi connectivity index (χ0) is 13.6. The molecule has 1 heterocycles. The molecular weight excluding hydrogens is 238 g/mol. The van der Waals surface area contributed by atoms with Crippen LogP contribution < -0.4 is 0 Å². The third kappa shape index (κ3) is 4.27. The predicted octanol–water partition coefficient (Wildman–Crippen LogP) is 0.635. The summed E-state index contributed by atoms with van der Waals surface area (Å²) in [5.41, 5.74) is 0. The van der Waals surface area contributed by atoms with Gasteiger partial charge in [-0.2, -0.15) is 0 Å². The lowest BCUT2D eigenvalue weighted by Gasteiger charge is -2.27. The minimum Gasteiger partial charge on any atom is -0.388 e. The summed E-state index contributed by atoms with van der Waals surface area (Å²) in [5, 5.41) is 9.87. The fraction of sp³-hybridized carbons (Fsp3) is 0.833. The van der Waals surface area contributed by atoms with E-state index in [-0.39, 0.29) is 6.54 Å². The molecule has 0 saturated carbocycles. The molecular formula is C12H21NO5. The van der Waals surface area contributed by atoms with E-state index in [1.165, 1.54) is 0 Å². The van der Waals surface area contributed by atoms with Gasteiger partial charge in [0.05, 0.1) is 0 Å². The first-order valence-electron chi connectivity index (χ1n) is 6.41. The van der Waals surface area contributed by atoms with E-state index < -0.39 is 17.9 Å². The Kier molecular flexibility index (Phi) is 5.55. The molecule has 1 fully saturated rings. The summed E-state index contributed by atoms with van der Waals surface area (Å²) < 4.78 is 9.11. The first-order chi connectivity index (χ1) is 8.50. The summed E-state index contributed by atoms with van der Waals surface area (Å²) in [6, 6.07) is 0. The van der Waals surface area contributed by atoms with Crippen LogP contribution in [0.4, 0.5) is 0 Å². The molecule has 0 atom stereocenters. The average molecular weight is 259 g/mol. The van der Waals surface area contributed by atoms with Gasteiger partial charge in [0.25, 0.3) is 0 Å². The number of cyclic esters (lactones) is 2. The van der Waals surface area contributed by atoms with Gasteiger partial charge in [0, 0.05) is 0 Å². The van der Waals surface area contributed by atoms with E-state index >= 15 is 0 Å². The number of unbranched alkanes of at least 4 members (excludes halogenated alkanes) is 2. The number of ether oxygens (including phenoxy) is 2. The van der Waals surface area contributed by atoms with E-state index in [1.54, 1.807) is 0 Å². The Morgan fingerprint density at radius 3 is 1.89 bits per heavy atom. The van der Waals surface area contributed by atoms with Crippen molar-refractivity contribution in [2.45, 2.75) is 45.5 Å². The first-order valence-corrected chi connectivity index (χ1v) is 6.41. The van der Waals surface area contributed by atoms with Gasteiger partial charge in [0.1, 0.15) is 6.54 Å². The lowest BCUT2D eigenvalue weighted by molar-refractivity contribution is -0.297. The van der Waals surface area contributed by atoms with Crippen LogP contribution in [0.15, 0.2) is 0 Å². The average Bonchev–Trinajstić information content (AvgIpc) is 2.56. The number of hydrogen-bond acceptors (Lipinski definition) is 6. The second-order valence-corrected chi connectivity index (χ2v) is 4.47. The van der Waals surface area contributed by atoms with E-state index in [0.717, 1.165) is 38.8 Å². The molecule has 104 valence electrons. The Labute approximate surface area is 107 Å². The molecule has 1 N–H and O–H groups in total. The van der Waals surface area contributed by atoms with Gasteiger partial charge in [-0.25, -0.2) is 9.59 Å². The van der Waals surface area contributed by atoms with Crippen molar-refractivity contribution in [3.05, 3.63) is 0 Å². The van der Waals surface area contributed by atoms with Crippen LogP contribution in [0, 0.1) is 0 Å². The molecule has 1 aliphatic rings. The van der Waals surface area contributed by atoms with E-state index in [9.17, 15) is 14.7 Å². The van der Waals surface area contributed by atoms with Gasteiger partial charge in [-0.15, -0.1) is 0 Å². The Balaban J connectivity index is 2.53. The highest BCUT2D eigenvalue weighted by molar-refractivity contribution is 6.31. The van der Waals surface area contributed by atoms with Crippen molar-refractivity contribution in [2.24, 2.45) is 0 Å². The van der Waals surface area contributed by atoms with Crippen LogP contribution in [-0.2, 0) is 19.1 Å². The first kappa shape index (κ1) is 14.9. The number of carbonyl (C=O) groups is 2. The normalized spacial score (nSPS) is 18.0. The number of carbonyl (C=O) groups excluding carboxylic acids is 2. The number of esters is 2. The van der Waals surface area contributed by atoms with Crippen molar-refractivity contribution >= 4 is 11.9 Å². The topological polar surface area (TPSA) is 76.1 Å². The molecule has 0 radical (unpaired) electrons. The minimum atomic E-state index is -2.12. The van der Waals surface area contributed by atoms with Gasteiger partial charge in [-0.3, -0.25) is 4.90 Å². The summed E-state index contributed by atoms with van der Waals surface area (Å²) in [6.45, 7) is 5.69. The predicted molar refractivity (Wildman–Crippen MR) is 63.4 cm³/mol. The molecule has 0 unspecified atom stereocenters. The van der Waals surface area contributed by atoms with Gasteiger partial charge in [-0.05, 0) is 25.9 Å². The van der Waals surface area contributed by atoms with Crippen molar-refractivity contribution in [3.8, 4) is 0 Å². The van der Waals surface area contributed by atoms with Gasteiger partial charge in [0.15, 0.2) is 0 Å². The highest BCUT2D eigenvalue weighted by atomic mass is 16.9. The molecule has 1 saturated heterocycles. The standard InChI is InChI=1S/C12H21NO5/c1-3-5-7-13(8-6-4-2)9-12(16)17-10(14)11(15)18-12/h16H,3-9H2,1-2H3. The number of rotatable bonds is 8. The molecule has 0 spiro atoms. The van der Waals surface area contributed by atoms with E-state index in [1.807, 2.05) is 4.90 Å². The molecule has 0 bridgehead atoms. The highest BCUT2D eigenvalue weighted by Gasteiger charge is 2.48. The minimum absolute atomic E-state index is 0.00444. The van der Waals surface area contributed by atoms with E-state index in [4.69, 9.17) is 0 Å². The van der Waals surface area contributed by atoms with Crippen LogP contribution in [0.2, 0.25) is 0 Å². The summed E-state index contributed by atoms with van der Waals surface area (Å²) in [6.07, 6.45) is 4.00. The van der Waals surface area contributed by atoms with Crippen molar-refractivity contribution in [1.82, 2.24) is 4.90 Å². The smallest absolute Gasteiger partial charge is 0.388 e. The van der Waals surface area contributed by atoms with Crippen molar-refractivity contribution in [3.63, 3.8) is 0 Å². The van der Waals surface area contributed by atoms with Crippen molar-refractivity contribution in [1.29, 1.82) is 0 Å². The SMILES string of the molecule is CCCCN(CCCC)CC1(O)OC(=O)C(=O)O1. The lowest BCUT2D eigenvalue weighted by Crippen LogP contribution is -2.45. The third-order valence-corrected chi connectivity index (χ3v) is 2.75. The van der Waals surface area contributed by atoms with Crippen LogP contribution >= 0.6 is 0 Å². The van der Waals surface area contributed by atoms with Crippen LogP contribution in [-0.4, -0.2) is 47.6 Å². The largest absolute Gasteiger partial charge is 0.422 e.